The Kier molecular flexibility index (Phi) is 8.44. The molecule has 0 bridgehead atoms. The van der Waals surface area contributed by atoms with Crippen LogP contribution in [0.5, 0.6) is 0 Å². The number of nitrogens with zero attached hydrogens (tertiary/aromatic N) is 2. The molecular formula is C30H30F3N3O4S. The van der Waals surface area contributed by atoms with Gasteiger partial charge in [-0.15, -0.1) is 11.3 Å². The van der Waals surface area contributed by atoms with Crippen molar-refractivity contribution in [2.24, 2.45) is 5.92 Å². The minimum atomic E-state index is -4.43. The second-order valence-corrected chi connectivity index (χ2v) is 11.5. The molecule has 1 aliphatic carbocycles. The number of likely N-dealkylation sites (tertiary alicyclic amines) is 1. The lowest BCUT2D eigenvalue weighted by Crippen LogP contribution is -2.39. The lowest BCUT2D eigenvalue weighted by Gasteiger charge is -2.31. The molecule has 216 valence electrons. The maximum atomic E-state index is 13.5. The van der Waals surface area contributed by atoms with Crippen molar-refractivity contribution in [3.8, 4) is 11.1 Å². The Morgan fingerprint density at radius 1 is 0.927 bits per heavy atom. The zero-order valence-electron chi connectivity index (χ0n) is 22.2. The SMILES string of the molecule is O=C(NC1CCC(C(=O)O)CC1)c1csc(C2CCN(C(=O)c3ccccc3-c3ccc(C(F)(F)F)cc3)CC2)n1. The maximum absolute atomic E-state index is 13.5. The average molecular weight is 586 g/mol. The Morgan fingerprint density at radius 2 is 1.59 bits per heavy atom. The van der Waals surface area contributed by atoms with E-state index in [-0.39, 0.29) is 29.7 Å². The number of carboxylic acid groups (broad SMARTS) is 1. The number of amides is 2. The van der Waals surface area contributed by atoms with Crippen LogP contribution in [-0.2, 0) is 11.0 Å². The fourth-order valence-corrected chi connectivity index (χ4v) is 6.55. The van der Waals surface area contributed by atoms with Gasteiger partial charge in [-0.25, -0.2) is 4.98 Å². The summed E-state index contributed by atoms with van der Waals surface area (Å²) in [5, 5.41) is 14.7. The number of alkyl halides is 3. The summed E-state index contributed by atoms with van der Waals surface area (Å²) in [7, 11) is 0. The highest BCUT2D eigenvalue weighted by molar-refractivity contribution is 7.09. The molecule has 0 spiro atoms. The van der Waals surface area contributed by atoms with E-state index in [4.69, 9.17) is 5.11 Å². The number of aliphatic carboxylic acids is 1. The quantitative estimate of drug-likeness (QED) is 0.358. The third-order valence-corrected chi connectivity index (χ3v) is 8.99. The van der Waals surface area contributed by atoms with Crippen molar-refractivity contribution >= 4 is 29.1 Å². The third-order valence-electron chi connectivity index (χ3n) is 7.98. The number of nitrogens with one attached hydrogen (secondary N) is 1. The second-order valence-electron chi connectivity index (χ2n) is 10.6. The van der Waals surface area contributed by atoms with Crippen LogP contribution in [0.1, 0.15) is 75.9 Å². The molecule has 2 aromatic carbocycles. The standard InChI is InChI=1S/C30H30F3N3O4S/c31-30(32,33)21-9-5-18(6-10-21)23-3-1-2-4-24(23)28(38)36-15-13-19(14-16-36)27-35-25(17-41-27)26(37)34-22-11-7-20(8-12-22)29(39)40/h1-6,9-10,17,19-20,22H,7-8,11-16H2,(H,34,37)(H,39,40). The number of benzene rings is 2. The highest BCUT2D eigenvalue weighted by Gasteiger charge is 2.31. The number of hydrogen-bond acceptors (Lipinski definition) is 5. The Hall–Kier alpha value is -3.73. The smallest absolute Gasteiger partial charge is 0.416 e. The molecule has 1 aromatic heterocycles. The van der Waals surface area contributed by atoms with Gasteiger partial charge < -0.3 is 15.3 Å². The van der Waals surface area contributed by atoms with E-state index in [2.05, 4.69) is 10.3 Å². The average Bonchev–Trinajstić information content (AvgIpc) is 3.48. The molecule has 2 heterocycles. The zero-order chi connectivity index (χ0) is 29.1. The van der Waals surface area contributed by atoms with Gasteiger partial charge in [0.1, 0.15) is 5.69 Å². The van der Waals surface area contributed by atoms with Crippen molar-refractivity contribution in [2.45, 2.75) is 56.7 Å². The van der Waals surface area contributed by atoms with Gasteiger partial charge in [0.2, 0.25) is 0 Å². The van der Waals surface area contributed by atoms with Crippen LogP contribution in [0.4, 0.5) is 13.2 Å². The van der Waals surface area contributed by atoms with Gasteiger partial charge in [0.25, 0.3) is 11.8 Å². The normalized spacial score (nSPS) is 20.0. The summed E-state index contributed by atoms with van der Waals surface area (Å²) < 4.78 is 39.0. The summed E-state index contributed by atoms with van der Waals surface area (Å²) in [6.07, 6.45) is -0.696. The first-order chi connectivity index (χ1) is 19.6. The number of rotatable bonds is 6. The molecule has 11 heteroatoms. The Bertz CT molecular complexity index is 1410. The number of carboxylic acids is 1. The monoisotopic (exact) mass is 585 g/mol. The number of halogens is 3. The lowest BCUT2D eigenvalue weighted by molar-refractivity contribution is -0.143. The van der Waals surface area contributed by atoms with Crippen LogP contribution in [0.15, 0.2) is 53.9 Å². The molecule has 0 atom stereocenters. The largest absolute Gasteiger partial charge is 0.481 e. The van der Waals surface area contributed by atoms with E-state index < -0.39 is 17.7 Å². The van der Waals surface area contributed by atoms with Crippen LogP contribution in [0.2, 0.25) is 0 Å². The lowest BCUT2D eigenvalue weighted by atomic mass is 9.86. The van der Waals surface area contributed by atoms with Crippen LogP contribution >= 0.6 is 11.3 Å². The third kappa shape index (κ3) is 6.61. The van der Waals surface area contributed by atoms with Gasteiger partial charge in [-0.05, 0) is 67.9 Å². The van der Waals surface area contributed by atoms with E-state index in [9.17, 15) is 27.6 Å². The molecule has 1 saturated heterocycles. The van der Waals surface area contributed by atoms with E-state index >= 15 is 0 Å². The van der Waals surface area contributed by atoms with Gasteiger partial charge in [-0.1, -0.05) is 30.3 Å². The first-order valence-corrected chi connectivity index (χ1v) is 14.5. The minimum Gasteiger partial charge on any atom is -0.481 e. The van der Waals surface area contributed by atoms with Crippen LogP contribution in [-0.4, -0.2) is 51.9 Å². The van der Waals surface area contributed by atoms with Crippen LogP contribution < -0.4 is 5.32 Å². The van der Waals surface area contributed by atoms with Crippen LogP contribution in [0, 0.1) is 5.92 Å². The highest BCUT2D eigenvalue weighted by atomic mass is 32.1. The Morgan fingerprint density at radius 3 is 2.22 bits per heavy atom. The van der Waals surface area contributed by atoms with E-state index in [0.717, 1.165) is 17.1 Å². The molecule has 3 aromatic rings. The Balaban J connectivity index is 1.18. The van der Waals surface area contributed by atoms with Gasteiger partial charge >= 0.3 is 12.1 Å². The summed E-state index contributed by atoms with van der Waals surface area (Å²) >= 11 is 1.43. The second kappa shape index (κ2) is 12.0. The number of carbonyl (C=O) groups excluding carboxylic acids is 2. The van der Waals surface area contributed by atoms with Crippen molar-refractivity contribution in [1.29, 1.82) is 0 Å². The summed E-state index contributed by atoms with van der Waals surface area (Å²) in [5.74, 6) is -1.43. The topological polar surface area (TPSA) is 99.6 Å². The number of hydrogen-bond donors (Lipinski definition) is 2. The van der Waals surface area contributed by atoms with Crippen molar-refractivity contribution < 1.29 is 32.7 Å². The zero-order valence-corrected chi connectivity index (χ0v) is 23.0. The molecule has 5 rings (SSSR count). The molecular weight excluding hydrogens is 555 g/mol. The molecule has 2 N–H and O–H groups in total. The van der Waals surface area contributed by atoms with Gasteiger partial charge in [-0.2, -0.15) is 13.2 Å². The summed E-state index contributed by atoms with van der Waals surface area (Å²) in [5.41, 5.74) is 1.18. The maximum Gasteiger partial charge on any atom is 0.416 e. The van der Waals surface area contributed by atoms with Crippen molar-refractivity contribution in [3.63, 3.8) is 0 Å². The first-order valence-electron chi connectivity index (χ1n) is 13.6. The number of carbonyl (C=O) groups is 3. The number of piperidine rings is 1. The van der Waals surface area contributed by atoms with E-state index in [1.807, 2.05) is 0 Å². The number of thiazole rings is 1. The van der Waals surface area contributed by atoms with Crippen molar-refractivity contribution in [2.75, 3.05) is 13.1 Å². The molecule has 41 heavy (non-hydrogen) atoms. The van der Waals surface area contributed by atoms with Crippen LogP contribution in [0.25, 0.3) is 11.1 Å². The molecule has 2 aliphatic rings. The van der Waals surface area contributed by atoms with E-state index in [1.165, 1.54) is 23.5 Å². The first kappa shape index (κ1) is 28.8. The molecule has 2 amide bonds. The molecule has 1 aliphatic heterocycles. The molecule has 0 radical (unpaired) electrons. The minimum absolute atomic E-state index is 0.0528. The summed E-state index contributed by atoms with van der Waals surface area (Å²) in [4.78, 5) is 43.7. The molecule has 7 nitrogen and oxygen atoms in total. The van der Waals surface area contributed by atoms with Crippen molar-refractivity contribution in [1.82, 2.24) is 15.2 Å². The fourth-order valence-electron chi connectivity index (χ4n) is 5.58. The molecule has 0 unspecified atom stereocenters. The van der Waals surface area contributed by atoms with Crippen molar-refractivity contribution in [3.05, 3.63) is 75.7 Å². The van der Waals surface area contributed by atoms with Gasteiger partial charge in [0, 0.05) is 36.0 Å². The number of aromatic nitrogens is 1. The van der Waals surface area contributed by atoms with Gasteiger partial charge in [0.15, 0.2) is 0 Å². The van der Waals surface area contributed by atoms with Gasteiger partial charge in [0.05, 0.1) is 16.5 Å². The van der Waals surface area contributed by atoms with Crippen LogP contribution in [0.3, 0.4) is 0 Å². The summed E-state index contributed by atoms with van der Waals surface area (Å²) in [6.45, 7) is 0.998. The van der Waals surface area contributed by atoms with Gasteiger partial charge in [-0.3, -0.25) is 14.4 Å². The molecule has 1 saturated carbocycles. The predicted molar refractivity (Wildman–Crippen MR) is 148 cm³/mol. The van der Waals surface area contributed by atoms with E-state index in [0.29, 0.717) is 74.0 Å². The molecule has 2 fully saturated rings. The van der Waals surface area contributed by atoms with E-state index in [1.54, 1.807) is 34.5 Å². The fraction of sp³-hybridized carbons (Fsp3) is 0.400. The Labute approximate surface area is 239 Å². The highest BCUT2D eigenvalue weighted by Crippen LogP contribution is 2.34. The predicted octanol–water partition coefficient (Wildman–Crippen LogP) is 6.22. The summed E-state index contributed by atoms with van der Waals surface area (Å²) in [6, 6.07) is 11.7.